The van der Waals surface area contributed by atoms with Crippen molar-refractivity contribution >= 4 is 29.4 Å². The number of thiophene rings is 1. The Morgan fingerprint density at radius 3 is 1.64 bits per heavy atom. The Morgan fingerprint density at radius 2 is 1.13 bits per heavy atom. The zero-order chi connectivity index (χ0) is 37.7. The van der Waals surface area contributed by atoms with Crippen molar-refractivity contribution in [2.45, 2.75) is 139 Å². The van der Waals surface area contributed by atoms with Gasteiger partial charge >= 0.3 is 12.2 Å². The number of piperidine rings is 4. The van der Waals surface area contributed by atoms with Gasteiger partial charge in [0, 0.05) is 87.4 Å². The molecule has 306 valence electrons. The first-order chi connectivity index (χ1) is 27.0. The lowest BCUT2D eigenvalue weighted by atomic mass is 9.82. The van der Waals surface area contributed by atoms with E-state index < -0.39 is 0 Å². The lowest BCUT2D eigenvalue weighted by Gasteiger charge is -2.49. The van der Waals surface area contributed by atoms with E-state index in [-0.39, 0.29) is 18.1 Å². The maximum absolute atomic E-state index is 12.9. The summed E-state index contributed by atoms with van der Waals surface area (Å²) in [6.07, 6.45) is 18.6. The molecule has 55 heavy (non-hydrogen) atoms. The van der Waals surface area contributed by atoms with Gasteiger partial charge in [0.15, 0.2) is 0 Å². The topological polar surface area (TPSA) is 107 Å². The molecule has 6 saturated heterocycles. The van der Waals surface area contributed by atoms with Crippen LogP contribution in [0.25, 0.3) is 0 Å². The molecular formula is C42H66N6O6S. The molecule has 2 aliphatic carbocycles. The molecule has 13 heteroatoms. The van der Waals surface area contributed by atoms with Gasteiger partial charge in [-0.25, -0.2) is 9.59 Å². The number of cyclic esters (lactones) is 2. The summed E-state index contributed by atoms with van der Waals surface area (Å²) >= 11 is 1.46. The van der Waals surface area contributed by atoms with Crippen LogP contribution in [0.15, 0.2) is 11.4 Å². The highest BCUT2D eigenvalue weighted by Gasteiger charge is 2.45. The number of methoxy groups -OCH3 is 1. The van der Waals surface area contributed by atoms with E-state index in [4.69, 9.17) is 14.2 Å². The second-order valence-corrected chi connectivity index (χ2v) is 18.5. The number of carbonyl (C=O) groups is 3. The minimum absolute atomic E-state index is 0.0338. The van der Waals surface area contributed by atoms with Crippen LogP contribution in [0.1, 0.15) is 112 Å². The van der Waals surface area contributed by atoms with Crippen LogP contribution < -0.4 is 10.1 Å². The molecule has 4 atom stereocenters. The smallest absolute Gasteiger partial charge is 0.410 e. The summed E-state index contributed by atoms with van der Waals surface area (Å²) in [6, 6.07) is 4.73. The monoisotopic (exact) mass is 782 g/mol. The molecule has 0 unspecified atom stereocenters. The van der Waals surface area contributed by atoms with Crippen molar-refractivity contribution in [2.75, 3.05) is 72.7 Å². The van der Waals surface area contributed by atoms with Crippen molar-refractivity contribution in [1.29, 1.82) is 0 Å². The third-order valence-electron chi connectivity index (χ3n) is 14.6. The molecule has 1 N–H and O–H groups in total. The molecule has 3 amide bonds. The van der Waals surface area contributed by atoms with Gasteiger partial charge in [0.1, 0.15) is 10.6 Å². The molecule has 0 bridgehead atoms. The predicted molar refractivity (Wildman–Crippen MR) is 213 cm³/mol. The van der Waals surface area contributed by atoms with Crippen molar-refractivity contribution in [3.8, 4) is 5.75 Å². The third-order valence-corrected chi connectivity index (χ3v) is 15.5. The lowest BCUT2D eigenvalue weighted by Crippen LogP contribution is -2.59. The third kappa shape index (κ3) is 8.79. The Morgan fingerprint density at radius 1 is 0.655 bits per heavy atom. The average molecular weight is 783 g/mol. The molecule has 8 fully saturated rings. The van der Waals surface area contributed by atoms with Crippen LogP contribution in [0, 0.1) is 11.8 Å². The maximum Gasteiger partial charge on any atom is 0.410 e. The van der Waals surface area contributed by atoms with Crippen molar-refractivity contribution in [2.24, 2.45) is 11.8 Å². The standard InChI is InChI=1S/C24H35N3O4S.C18H31N3O2/c1-30-21-10-15-32-22(21)23(28)26-13-6-18(7-14-26)25-11-8-19(9-12-25)27-20-5-3-2-4-17(20)16-31-24(27)29;22-18-21(17-4-2-1-3-14(17)13-23-18)16-7-11-20(12-8-16)15-5-9-19-10-6-15/h10,15,17-20H,2-9,11-14,16H2,1H3;14-17,19H,1-13H2/t17-,20+;14-,17+/m11/s1. The Labute approximate surface area is 332 Å². The number of fused-ring (bicyclic) bond motifs is 2. The van der Waals surface area contributed by atoms with E-state index in [0.29, 0.717) is 65.9 Å². The first kappa shape index (κ1) is 39.2. The second kappa shape index (κ2) is 18.3. The number of rotatable bonds is 6. The van der Waals surface area contributed by atoms with Gasteiger partial charge in [-0.2, -0.15) is 0 Å². The van der Waals surface area contributed by atoms with E-state index in [9.17, 15) is 14.4 Å². The summed E-state index contributed by atoms with van der Waals surface area (Å²) < 4.78 is 16.4. The van der Waals surface area contributed by atoms with Crippen LogP contribution in [-0.4, -0.2) is 152 Å². The fourth-order valence-corrected chi connectivity index (χ4v) is 12.4. The lowest BCUT2D eigenvalue weighted by molar-refractivity contribution is -0.0408. The van der Waals surface area contributed by atoms with Crippen LogP contribution in [-0.2, 0) is 9.47 Å². The molecule has 12 nitrogen and oxygen atoms in total. The average Bonchev–Trinajstić information content (AvgIpc) is 3.73. The first-order valence-corrected chi connectivity index (χ1v) is 22.9. The van der Waals surface area contributed by atoms with Gasteiger partial charge in [-0.15, -0.1) is 11.3 Å². The Balaban J connectivity index is 0.000000164. The van der Waals surface area contributed by atoms with E-state index in [1.807, 2.05) is 16.3 Å². The maximum atomic E-state index is 12.9. The number of likely N-dealkylation sites (tertiary alicyclic amines) is 3. The minimum atomic E-state index is -0.0811. The number of nitrogens with one attached hydrogen (secondary N) is 1. The summed E-state index contributed by atoms with van der Waals surface area (Å²) in [5.41, 5.74) is 0. The van der Waals surface area contributed by atoms with Gasteiger partial charge in [0.25, 0.3) is 5.91 Å². The molecular weight excluding hydrogens is 717 g/mol. The summed E-state index contributed by atoms with van der Waals surface area (Å²) in [5.74, 6) is 1.90. The van der Waals surface area contributed by atoms with E-state index in [2.05, 4.69) is 24.9 Å². The summed E-state index contributed by atoms with van der Waals surface area (Å²) in [6.45, 7) is 9.56. The number of hydrogen-bond donors (Lipinski definition) is 1. The molecule has 1 aromatic rings. The molecule has 0 radical (unpaired) electrons. The van der Waals surface area contributed by atoms with Gasteiger partial charge in [-0.3, -0.25) is 4.79 Å². The van der Waals surface area contributed by atoms with E-state index in [0.717, 1.165) is 103 Å². The highest BCUT2D eigenvalue weighted by atomic mass is 32.1. The fraction of sp³-hybridized carbons (Fsp3) is 0.833. The van der Waals surface area contributed by atoms with Crippen LogP contribution >= 0.6 is 11.3 Å². The zero-order valence-corrected chi connectivity index (χ0v) is 34.1. The summed E-state index contributed by atoms with van der Waals surface area (Å²) in [7, 11) is 1.62. The molecule has 1 aromatic heterocycles. The largest absolute Gasteiger partial charge is 0.495 e. The van der Waals surface area contributed by atoms with Crippen LogP contribution in [0.3, 0.4) is 0 Å². The Bertz CT molecular complexity index is 1430. The second-order valence-electron chi connectivity index (χ2n) is 17.5. The molecule has 0 spiro atoms. The van der Waals surface area contributed by atoms with Crippen molar-refractivity contribution in [1.82, 2.24) is 29.8 Å². The van der Waals surface area contributed by atoms with Gasteiger partial charge in [-0.1, -0.05) is 25.7 Å². The van der Waals surface area contributed by atoms with Gasteiger partial charge in [-0.05, 0) is 102 Å². The van der Waals surface area contributed by atoms with Gasteiger partial charge in [0.2, 0.25) is 0 Å². The zero-order valence-electron chi connectivity index (χ0n) is 33.3. The van der Waals surface area contributed by atoms with E-state index in [1.165, 1.54) is 69.1 Å². The van der Waals surface area contributed by atoms with E-state index >= 15 is 0 Å². The predicted octanol–water partition coefficient (Wildman–Crippen LogP) is 6.05. The SMILES string of the molecule is COc1ccsc1C(=O)N1CCC(N2CCC(N3C(=O)OC[C@H]4CCCC[C@@H]43)CC2)CC1.O=C1OC[C@H]2CCCC[C@@H]2N1C1CCN(C2CCNCC2)CC1. The number of carbonyl (C=O) groups excluding carboxylic acids is 3. The van der Waals surface area contributed by atoms with Crippen LogP contribution in [0.4, 0.5) is 9.59 Å². The Hall–Kier alpha value is -2.61. The van der Waals surface area contributed by atoms with Crippen LogP contribution in [0.2, 0.25) is 0 Å². The van der Waals surface area contributed by atoms with Crippen molar-refractivity contribution in [3.05, 3.63) is 16.3 Å². The number of hydrogen-bond acceptors (Lipinski definition) is 10. The fourth-order valence-electron chi connectivity index (χ4n) is 11.5. The van der Waals surface area contributed by atoms with Crippen molar-refractivity contribution < 1.29 is 28.6 Å². The Kier molecular flexibility index (Phi) is 13.1. The summed E-state index contributed by atoms with van der Waals surface area (Å²) in [5, 5.41) is 5.37. The normalized spacial score (nSPS) is 31.1. The molecule has 0 aromatic carbocycles. The number of ether oxygens (including phenoxy) is 3. The molecule has 9 rings (SSSR count). The highest BCUT2D eigenvalue weighted by Crippen LogP contribution is 2.38. The number of nitrogens with zero attached hydrogens (tertiary/aromatic N) is 5. The molecule has 2 saturated carbocycles. The molecule has 7 heterocycles. The quantitative estimate of drug-likeness (QED) is 0.369. The summed E-state index contributed by atoms with van der Waals surface area (Å²) in [4.78, 5) is 50.2. The van der Waals surface area contributed by atoms with Gasteiger partial charge < -0.3 is 44.0 Å². The molecule has 8 aliphatic rings. The van der Waals surface area contributed by atoms with E-state index in [1.54, 1.807) is 7.11 Å². The minimum Gasteiger partial charge on any atom is -0.495 e. The van der Waals surface area contributed by atoms with Gasteiger partial charge in [0.05, 0.1) is 20.3 Å². The van der Waals surface area contributed by atoms with Crippen molar-refractivity contribution in [3.63, 3.8) is 0 Å². The first-order valence-electron chi connectivity index (χ1n) is 22.0. The number of amides is 3. The van der Waals surface area contributed by atoms with Crippen LogP contribution in [0.5, 0.6) is 5.75 Å². The highest BCUT2D eigenvalue weighted by molar-refractivity contribution is 7.12. The molecule has 6 aliphatic heterocycles.